The van der Waals surface area contributed by atoms with Crippen LogP contribution in [0.2, 0.25) is 0 Å². The molecule has 0 spiro atoms. The lowest BCUT2D eigenvalue weighted by Crippen LogP contribution is -1.78. The van der Waals surface area contributed by atoms with Crippen LogP contribution in [0.5, 0.6) is 0 Å². The summed E-state index contributed by atoms with van der Waals surface area (Å²) in [7, 11) is 0. The first-order valence-electron chi connectivity index (χ1n) is 10.2. The zero-order valence-corrected chi connectivity index (χ0v) is 17.2. The van der Waals surface area contributed by atoms with Crippen molar-refractivity contribution < 1.29 is 8.83 Å². The van der Waals surface area contributed by atoms with Crippen molar-refractivity contribution in [1.82, 2.24) is 4.98 Å². The number of hydrogen-bond donors (Lipinski definition) is 0. The molecule has 5 rings (SSSR count). The van der Waals surface area contributed by atoms with Gasteiger partial charge in [-0.3, -0.25) is 0 Å². The number of hydrogen-bond acceptors (Lipinski definition) is 3. The topological polar surface area (TPSA) is 39.2 Å². The number of aryl methyl sites for hydroxylation is 1. The van der Waals surface area contributed by atoms with Crippen molar-refractivity contribution in [2.45, 2.75) is 6.92 Å². The molecule has 3 aromatic carbocycles. The number of benzene rings is 3. The molecular formula is C28H21NO2. The van der Waals surface area contributed by atoms with Crippen molar-refractivity contribution >= 4 is 12.2 Å². The fourth-order valence-electron chi connectivity index (χ4n) is 3.37. The highest BCUT2D eigenvalue weighted by Crippen LogP contribution is 2.27. The molecule has 0 aliphatic heterocycles. The number of nitrogens with zero attached hydrogens (tertiary/aromatic N) is 1. The Kier molecular flexibility index (Phi) is 5.07. The second kappa shape index (κ2) is 8.33. The van der Waals surface area contributed by atoms with Crippen LogP contribution in [0.25, 0.3) is 46.3 Å². The highest BCUT2D eigenvalue weighted by Gasteiger charge is 2.08. The van der Waals surface area contributed by atoms with Crippen molar-refractivity contribution in [3.8, 4) is 34.1 Å². The molecule has 3 heteroatoms. The molecule has 0 aliphatic rings. The van der Waals surface area contributed by atoms with Crippen LogP contribution in [-0.2, 0) is 0 Å². The van der Waals surface area contributed by atoms with Gasteiger partial charge in [-0.2, -0.15) is 0 Å². The highest BCUT2D eigenvalue weighted by molar-refractivity contribution is 5.71. The third kappa shape index (κ3) is 4.26. The fourth-order valence-corrected chi connectivity index (χ4v) is 3.37. The third-order valence-electron chi connectivity index (χ3n) is 5.12. The van der Waals surface area contributed by atoms with E-state index in [1.807, 2.05) is 78.9 Å². The Labute approximate surface area is 181 Å². The molecule has 2 heterocycles. The molecule has 0 N–H and O–H groups in total. The van der Waals surface area contributed by atoms with Crippen LogP contribution in [0.4, 0.5) is 0 Å². The maximum absolute atomic E-state index is 5.96. The van der Waals surface area contributed by atoms with Crippen LogP contribution in [0.15, 0.2) is 106 Å². The molecule has 150 valence electrons. The second-order valence-electron chi connectivity index (χ2n) is 7.42. The lowest BCUT2D eigenvalue weighted by Gasteiger charge is -1.98. The minimum atomic E-state index is 0.614. The summed E-state index contributed by atoms with van der Waals surface area (Å²) in [5.74, 6) is 3.07. The quantitative estimate of drug-likeness (QED) is 0.301. The average Bonchev–Trinajstić information content (AvgIpc) is 3.50. The Balaban J connectivity index is 1.29. The minimum absolute atomic E-state index is 0.614. The van der Waals surface area contributed by atoms with E-state index in [0.717, 1.165) is 39.5 Å². The van der Waals surface area contributed by atoms with E-state index in [0.29, 0.717) is 5.89 Å². The highest BCUT2D eigenvalue weighted by atomic mass is 16.4. The molecular weight excluding hydrogens is 382 g/mol. The molecule has 0 bridgehead atoms. The number of oxazole rings is 1. The van der Waals surface area contributed by atoms with Gasteiger partial charge in [0.1, 0.15) is 11.5 Å². The van der Waals surface area contributed by atoms with E-state index in [2.05, 4.69) is 36.2 Å². The van der Waals surface area contributed by atoms with Crippen LogP contribution in [-0.4, -0.2) is 4.98 Å². The van der Waals surface area contributed by atoms with E-state index in [4.69, 9.17) is 8.83 Å². The molecule has 0 atom stereocenters. The predicted octanol–water partition coefficient (Wildman–Crippen LogP) is 7.75. The molecule has 2 aromatic heterocycles. The fraction of sp³-hybridized carbons (Fsp3) is 0.0357. The van der Waals surface area contributed by atoms with Crippen molar-refractivity contribution in [3.05, 3.63) is 114 Å². The summed E-state index contributed by atoms with van der Waals surface area (Å²) in [6.07, 6.45) is 5.78. The molecule has 0 saturated heterocycles. The van der Waals surface area contributed by atoms with E-state index in [-0.39, 0.29) is 0 Å². The van der Waals surface area contributed by atoms with Crippen LogP contribution in [0, 0.1) is 6.92 Å². The monoisotopic (exact) mass is 403 g/mol. The van der Waals surface area contributed by atoms with E-state index < -0.39 is 0 Å². The van der Waals surface area contributed by atoms with E-state index >= 15 is 0 Å². The third-order valence-corrected chi connectivity index (χ3v) is 5.12. The van der Waals surface area contributed by atoms with Gasteiger partial charge < -0.3 is 8.83 Å². The van der Waals surface area contributed by atoms with Gasteiger partial charge in [-0.25, -0.2) is 4.98 Å². The summed E-state index contributed by atoms with van der Waals surface area (Å²) < 4.78 is 11.9. The standard InChI is InChI=1S/C28H21NO2/c1-20-7-12-23(13-8-20)26-18-17-25(30-26)16-11-21-9-14-24(15-10-21)28-29-19-27(31-28)22-5-3-2-4-6-22/h2-19H,1H3. The number of furan rings is 1. The first kappa shape index (κ1) is 18.9. The van der Waals surface area contributed by atoms with E-state index in [1.165, 1.54) is 5.56 Å². The van der Waals surface area contributed by atoms with Gasteiger partial charge in [-0.05, 0) is 42.8 Å². The first-order valence-corrected chi connectivity index (χ1v) is 10.2. The SMILES string of the molecule is Cc1ccc(-c2ccc(C=Cc3ccc(-c4ncc(-c5ccccc5)o4)cc3)o2)cc1. The minimum Gasteiger partial charge on any atom is -0.457 e. The van der Waals surface area contributed by atoms with Crippen LogP contribution in [0.3, 0.4) is 0 Å². The lowest BCUT2D eigenvalue weighted by atomic mass is 10.1. The Bertz CT molecular complexity index is 1310. The van der Waals surface area contributed by atoms with Crippen LogP contribution >= 0.6 is 0 Å². The van der Waals surface area contributed by atoms with E-state index in [9.17, 15) is 0 Å². The zero-order chi connectivity index (χ0) is 21.0. The summed E-state index contributed by atoms with van der Waals surface area (Å²) in [6.45, 7) is 2.08. The van der Waals surface area contributed by atoms with Gasteiger partial charge in [0.15, 0.2) is 5.76 Å². The first-order chi connectivity index (χ1) is 15.2. The van der Waals surface area contributed by atoms with E-state index in [1.54, 1.807) is 6.20 Å². The number of rotatable bonds is 5. The lowest BCUT2D eigenvalue weighted by molar-refractivity contribution is 0.572. The van der Waals surface area contributed by atoms with Crippen LogP contribution in [0.1, 0.15) is 16.9 Å². The Hall–Kier alpha value is -4.11. The van der Waals surface area contributed by atoms with Gasteiger partial charge in [0, 0.05) is 16.7 Å². The molecule has 5 aromatic rings. The molecule has 0 unspecified atom stereocenters. The number of aromatic nitrogens is 1. The van der Waals surface area contributed by atoms with Crippen molar-refractivity contribution in [3.63, 3.8) is 0 Å². The van der Waals surface area contributed by atoms with Gasteiger partial charge in [-0.15, -0.1) is 0 Å². The molecule has 0 fully saturated rings. The predicted molar refractivity (Wildman–Crippen MR) is 125 cm³/mol. The Morgan fingerprint density at radius 2 is 1.32 bits per heavy atom. The van der Waals surface area contributed by atoms with Crippen LogP contribution < -0.4 is 0 Å². The maximum atomic E-state index is 5.96. The van der Waals surface area contributed by atoms with Crippen molar-refractivity contribution in [1.29, 1.82) is 0 Å². The molecule has 0 aliphatic carbocycles. The van der Waals surface area contributed by atoms with Gasteiger partial charge in [0.05, 0.1) is 6.20 Å². The molecule has 0 amide bonds. The Morgan fingerprint density at radius 1 is 0.613 bits per heavy atom. The van der Waals surface area contributed by atoms with Crippen molar-refractivity contribution in [2.24, 2.45) is 0 Å². The summed E-state index contributed by atoms with van der Waals surface area (Å²) in [4.78, 5) is 4.42. The zero-order valence-electron chi connectivity index (χ0n) is 17.2. The largest absolute Gasteiger partial charge is 0.457 e. The molecule has 0 saturated carbocycles. The molecule has 31 heavy (non-hydrogen) atoms. The average molecular weight is 403 g/mol. The summed E-state index contributed by atoms with van der Waals surface area (Å²) in [5.41, 5.74) is 5.35. The molecule has 3 nitrogen and oxygen atoms in total. The summed E-state index contributed by atoms with van der Waals surface area (Å²) in [6, 6.07) is 30.4. The Morgan fingerprint density at radius 3 is 2.10 bits per heavy atom. The summed E-state index contributed by atoms with van der Waals surface area (Å²) in [5, 5.41) is 0. The van der Waals surface area contributed by atoms with Crippen molar-refractivity contribution in [2.75, 3.05) is 0 Å². The van der Waals surface area contributed by atoms with Gasteiger partial charge in [-0.1, -0.05) is 78.4 Å². The normalized spacial score (nSPS) is 11.3. The van der Waals surface area contributed by atoms with Gasteiger partial charge in [0.25, 0.3) is 0 Å². The second-order valence-corrected chi connectivity index (χ2v) is 7.42. The maximum Gasteiger partial charge on any atom is 0.226 e. The van der Waals surface area contributed by atoms with Gasteiger partial charge in [0.2, 0.25) is 5.89 Å². The summed E-state index contributed by atoms with van der Waals surface area (Å²) >= 11 is 0. The van der Waals surface area contributed by atoms with Gasteiger partial charge >= 0.3 is 0 Å². The molecule has 0 radical (unpaired) electrons. The smallest absolute Gasteiger partial charge is 0.226 e.